The van der Waals surface area contributed by atoms with Crippen LogP contribution in [0.3, 0.4) is 0 Å². The minimum absolute atomic E-state index is 0. The van der Waals surface area contributed by atoms with E-state index in [0.29, 0.717) is 13.2 Å². The maximum absolute atomic E-state index is 9.21. The van der Waals surface area contributed by atoms with Gasteiger partial charge in [-0.05, 0) is 18.1 Å². The van der Waals surface area contributed by atoms with E-state index in [9.17, 15) is 5.11 Å². The number of aliphatic hydroxyl groups excluding tert-OH is 1. The minimum Gasteiger partial charge on any atom is -0.392 e. The van der Waals surface area contributed by atoms with E-state index in [4.69, 9.17) is 4.74 Å². The third-order valence-electron chi connectivity index (χ3n) is 3.21. The summed E-state index contributed by atoms with van der Waals surface area (Å²) in [6.07, 6.45) is -0.384. The van der Waals surface area contributed by atoms with Crippen LogP contribution < -0.4 is 5.32 Å². The van der Waals surface area contributed by atoms with E-state index in [0.717, 1.165) is 17.7 Å². The van der Waals surface area contributed by atoms with Crippen LogP contribution in [0.15, 0.2) is 60.7 Å². The van der Waals surface area contributed by atoms with Crippen LogP contribution in [0.2, 0.25) is 0 Å². The van der Waals surface area contributed by atoms with Crippen molar-refractivity contribution in [1.29, 1.82) is 0 Å². The predicted octanol–water partition coefficient (Wildman–Crippen LogP) is 3.18. The Kier molecular flexibility index (Phi) is 8.78. The fraction of sp³-hybridized carbons (Fsp3) is 0.333. The van der Waals surface area contributed by atoms with Crippen LogP contribution in [0.25, 0.3) is 0 Å². The van der Waals surface area contributed by atoms with Gasteiger partial charge >= 0.3 is 0 Å². The Labute approximate surface area is 138 Å². The standard InChI is InChI=1S/C18H23NO2.ClH/c1-15(20)14-19-12-13-21-18(16-8-4-2-5-9-16)17-10-6-3-7-11-17;/h2-11,15,18-20H,12-14H2,1H3;1H. The number of benzene rings is 2. The van der Waals surface area contributed by atoms with Crippen LogP contribution in [0.4, 0.5) is 0 Å². The monoisotopic (exact) mass is 321 g/mol. The average molecular weight is 322 g/mol. The molecule has 0 saturated carbocycles. The molecule has 0 fully saturated rings. The molecule has 2 aromatic carbocycles. The second-order valence-corrected chi connectivity index (χ2v) is 5.13. The van der Waals surface area contributed by atoms with Crippen molar-refractivity contribution in [2.45, 2.75) is 19.1 Å². The first-order chi connectivity index (χ1) is 10.3. The molecule has 0 amide bonds. The molecule has 0 aliphatic rings. The Bertz CT molecular complexity index is 466. The summed E-state index contributed by atoms with van der Waals surface area (Å²) in [6, 6.07) is 20.5. The van der Waals surface area contributed by atoms with Crippen molar-refractivity contribution in [2.24, 2.45) is 0 Å². The van der Waals surface area contributed by atoms with Crippen molar-refractivity contribution < 1.29 is 9.84 Å². The SMILES string of the molecule is CC(O)CNCCOC(c1ccccc1)c1ccccc1.Cl. The summed E-state index contributed by atoms with van der Waals surface area (Å²) in [5.74, 6) is 0. The zero-order chi connectivity index (χ0) is 14.9. The second-order valence-electron chi connectivity index (χ2n) is 5.13. The van der Waals surface area contributed by atoms with E-state index in [1.807, 2.05) is 36.4 Å². The Morgan fingerprint density at radius 3 is 1.91 bits per heavy atom. The van der Waals surface area contributed by atoms with Crippen LogP contribution >= 0.6 is 12.4 Å². The number of ether oxygens (including phenoxy) is 1. The summed E-state index contributed by atoms with van der Waals surface area (Å²) in [5, 5.41) is 12.4. The molecule has 1 atom stereocenters. The Morgan fingerprint density at radius 1 is 0.955 bits per heavy atom. The zero-order valence-corrected chi connectivity index (χ0v) is 13.6. The summed E-state index contributed by atoms with van der Waals surface area (Å²) in [4.78, 5) is 0. The van der Waals surface area contributed by atoms with Gasteiger partial charge in [-0.25, -0.2) is 0 Å². The molecule has 0 aliphatic heterocycles. The molecule has 0 radical (unpaired) electrons. The number of nitrogens with one attached hydrogen (secondary N) is 1. The number of rotatable bonds is 8. The van der Waals surface area contributed by atoms with Gasteiger partial charge in [-0.1, -0.05) is 60.7 Å². The van der Waals surface area contributed by atoms with Crippen molar-refractivity contribution in [3.8, 4) is 0 Å². The lowest BCUT2D eigenvalue weighted by Gasteiger charge is -2.19. The van der Waals surface area contributed by atoms with Crippen LogP contribution in [-0.2, 0) is 4.74 Å². The van der Waals surface area contributed by atoms with Crippen molar-refractivity contribution in [1.82, 2.24) is 5.32 Å². The molecule has 2 aromatic rings. The predicted molar refractivity (Wildman–Crippen MR) is 92.5 cm³/mol. The van der Waals surface area contributed by atoms with E-state index in [2.05, 4.69) is 29.6 Å². The highest BCUT2D eigenvalue weighted by molar-refractivity contribution is 5.85. The molecular weight excluding hydrogens is 298 g/mol. The van der Waals surface area contributed by atoms with Gasteiger partial charge < -0.3 is 15.2 Å². The molecule has 2 N–H and O–H groups in total. The van der Waals surface area contributed by atoms with E-state index < -0.39 is 0 Å². The van der Waals surface area contributed by atoms with Crippen LogP contribution in [-0.4, -0.2) is 30.9 Å². The Hall–Kier alpha value is -1.39. The Balaban J connectivity index is 0.00000242. The number of hydrogen-bond donors (Lipinski definition) is 2. The third kappa shape index (κ3) is 6.16. The maximum Gasteiger partial charge on any atom is 0.108 e. The summed E-state index contributed by atoms with van der Waals surface area (Å²) >= 11 is 0. The van der Waals surface area contributed by atoms with E-state index in [1.165, 1.54) is 0 Å². The molecule has 0 bridgehead atoms. The highest BCUT2D eigenvalue weighted by Gasteiger charge is 2.13. The Morgan fingerprint density at radius 2 is 1.45 bits per heavy atom. The van der Waals surface area contributed by atoms with Gasteiger partial charge in [0.05, 0.1) is 12.7 Å². The van der Waals surface area contributed by atoms with Gasteiger partial charge in [-0.2, -0.15) is 0 Å². The molecule has 0 aliphatic carbocycles. The van der Waals surface area contributed by atoms with Gasteiger partial charge in [-0.15, -0.1) is 12.4 Å². The first-order valence-corrected chi connectivity index (χ1v) is 7.37. The first-order valence-electron chi connectivity index (χ1n) is 7.37. The summed E-state index contributed by atoms with van der Waals surface area (Å²) < 4.78 is 6.05. The molecule has 0 spiro atoms. The summed E-state index contributed by atoms with van der Waals surface area (Å²) in [7, 11) is 0. The van der Waals surface area contributed by atoms with Gasteiger partial charge in [-0.3, -0.25) is 0 Å². The molecular formula is C18H24ClNO2. The third-order valence-corrected chi connectivity index (χ3v) is 3.21. The molecule has 22 heavy (non-hydrogen) atoms. The van der Waals surface area contributed by atoms with Crippen molar-refractivity contribution in [3.05, 3.63) is 71.8 Å². The second kappa shape index (κ2) is 10.4. The normalized spacial score (nSPS) is 12.0. The largest absolute Gasteiger partial charge is 0.392 e. The summed E-state index contributed by atoms with van der Waals surface area (Å²) in [6.45, 7) is 3.68. The van der Waals surface area contributed by atoms with E-state index in [1.54, 1.807) is 6.92 Å². The highest BCUT2D eigenvalue weighted by Crippen LogP contribution is 2.25. The lowest BCUT2D eigenvalue weighted by Crippen LogP contribution is -2.28. The maximum atomic E-state index is 9.21. The molecule has 3 nitrogen and oxygen atoms in total. The topological polar surface area (TPSA) is 41.5 Å². The lowest BCUT2D eigenvalue weighted by molar-refractivity contribution is 0.0799. The van der Waals surface area contributed by atoms with E-state index >= 15 is 0 Å². The number of halogens is 1. The molecule has 4 heteroatoms. The van der Waals surface area contributed by atoms with Crippen LogP contribution in [0.5, 0.6) is 0 Å². The fourth-order valence-electron chi connectivity index (χ4n) is 2.20. The summed E-state index contributed by atoms with van der Waals surface area (Å²) in [5.41, 5.74) is 2.30. The van der Waals surface area contributed by atoms with Gasteiger partial charge in [0.25, 0.3) is 0 Å². The van der Waals surface area contributed by atoms with E-state index in [-0.39, 0.29) is 24.6 Å². The molecule has 0 aromatic heterocycles. The molecule has 0 heterocycles. The van der Waals surface area contributed by atoms with Gasteiger partial charge in [0, 0.05) is 13.1 Å². The molecule has 1 unspecified atom stereocenters. The van der Waals surface area contributed by atoms with Gasteiger partial charge in [0.2, 0.25) is 0 Å². The van der Waals surface area contributed by atoms with Crippen molar-refractivity contribution in [3.63, 3.8) is 0 Å². The van der Waals surface area contributed by atoms with Crippen LogP contribution in [0.1, 0.15) is 24.2 Å². The smallest absolute Gasteiger partial charge is 0.108 e. The van der Waals surface area contributed by atoms with Gasteiger partial charge in [0.15, 0.2) is 0 Å². The average Bonchev–Trinajstić information content (AvgIpc) is 2.52. The van der Waals surface area contributed by atoms with Crippen molar-refractivity contribution >= 4 is 12.4 Å². The number of hydrogen-bond acceptors (Lipinski definition) is 3. The highest BCUT2D eigenvalue weighted by atomic mass is 35.5. The minimum atomic E-state index is -0.330. The molecule has 2 rings (SSSR count). The molecule has 0 saturated heterocycles. The fourth-order valence-corrected chi connectivity index (χ4v) is 2.20. The van der Waals surface area contributed by atoms with Crippen molar-refractivity contribution in [2.75, 3.05) is 19.7 Å². The number of aliphatic hydroxyl groups is 1. The first kappa shape index (κ1) is 18.7. The lowest BCUT2D eigenvalue weighted by atomic mass is 10.0. The van der Waals surface area contributed by atoms with Gasteiger partial charge in [0.1, 0.15) is 6.10 Å². The zero-order valence-electron chi connectivity index (χ0n) is 12.8. The molecule has 120 valence electrons. The quantitative estimate of drug-likeness (QED) is 0.734. The van der Waals surface area contributed by atoms with Crippen LogP contribution in [0, 0.1) is 0 Å².